The van der Waals surface area contributed by atoms with Crippen LogP contribution in [0.25, 0.3) is 5.69 Å². The summed E-state index contributed by atoms with van der Waals surface area (Å²) in [7, 11) is 0. The van der Waals surface area contributed by atoms with E-state index in [1.54, 1.807) is 4.68 Å². The van der Waals surface area contributed by atoms with Crippen molar-refractivity contribution in [3.63, 3.8) is 0 Å². The molecule has 3 rings (SSSR count). The van der Waals surface area contributed by atoms with E-state index in [0.29, 0.717) is 11.4 Å². The van der Waals surface area contributed by atoms with Crippen molar-refractivity contribution in [1.29, 1.82) is 0 Å². The Kier molecular flexibility index (Phi) is 2.83. The van der Waals surface area contributed by atoms with Crippen molar-refractivity contribution in [2.45, 2.75) is 6.10 Å². The molecule has 90 valence electrons. The second kappa shape index (κ2) is 4.63. The highest BCUT2D eigenvalue weighted by Gasteiger charge is 2.19. The fraction of sp³-hybridized carbons (Fsp3) is 0.0909. The molecule has 1 aromatic carbocycles. The molecule has 0 saturated heterocycles. The molecule has 6 nitrogen and oxygen atoms in total. The third kappa shape index (κ3) is 1.89. The molecule has 0 bridgehead atoms. The van der Waals surface area contributed by atoms with E-state index < -0.39 is 6.10 Å². The number of para-hydroxylation sites is 1. The molecule has 1 unspecified atom stereocenters. The molecule has 2 aromatic heterocycles. The van der Waals surface area contributed by atoms with Crippen molar-refractivity contribution in [2.24, 2.45) is 0 Å². The van der Waals surface area contributed by atoms with Crippen LogP contribution in [0.3, 0.4) is 0 Å². The highest BCUT2D eigenvalue weighted by Crippen LogP contribution is 2.21. The molecule has 0 aliphatic carbocycles. The SMILES string of the molecule is OC(c1cnsn1)c1cnnn1-c1ccccc1. The zero-order chi connectivity index (χ0) is 12.4. The highest BCUT2D eigenvalue weighted by molar-refractivity contribution is 6.99. The predicted octanol–water partition coefficient (Wildman–Crippen LogP) is 1.20. The van der Waals surface area contributed by atoms with Gasteiger partial charge in [0.05, 0.1) is 35.5 Å². The van der Waals surface area contributed by atoms with Crippen molar-refractivity contribution in [1.82, 2.24) is 23.7 Å². The second-order valence-corrected chi connectivity index (χ2v) is 4.20. The van der Waals surface area contributed by atoms with Crippen molar-refractivity contribution in [2.75, 3.05) is 0 Å². The van der Waals surface area contributed by atoms with Crippen LogP contribution in [-0.2, 0) is 0 Å². The standard InChI is InChI=1S/C11H9N5OS/c17-11(9-6-13-18-14-9)10-7-12-15-16(10)8-4-2-1-3-5-8/h1-7,11,17H. The van der Waals surface area contributed by atoms with Crippen molar-refractivity contribution >= 4 is 11.7 Å². The van der Waals surface area contributed by atoms with Crippen molar-refractivity contribution < 1.29 is 5.11 Å². The number of hydrogen-bond acceptors (Lipinski definition) is 6. The summed E-state index contributed by atoms with van der Waals surface area (Å²) < 4.78 is 9.48. The van der Waals surface area contributed by atoms with Crippen LogP contribution in [0.15, 0.2) is 42.7 Å². The van der Waals surface area contributed by atoms with Crippen LogP contribution >= 0.6 is 11.7 Å². The lowest BCUT2D eigenvalue weighted by atomic mass is 10.2. The van der Waals surface area contributed by atoms with Crippen LogP contribution in [0.1, 0.15) is 17.5 Å². The van der Waals surface area contributed by atoms with Crippen LogP contribution in [0.5, 0.6) is 0 Å². The largest absolute Gasteiger partial charge is 0.380 e. The lowest BCUT2D eigenvalue weighted by molar-refractivity contribution is 0.208. The number of aliphatic hydroxyl groups excluding tert-OH is 1. The van der Waals surface area contributed by atoms with Gasteiger partial charge < -0.3 is 5.11 Å². The number of aliphatic hydroxyl groups is 1. The van der Waals surface area contributed by atoms with Crippen LogP contribution in [-0.4, -0.2) is 28.8 Å². The highest BCUT2D eigenvalue weighted by atomic mass is 32.1. The van der Waals surface area contributed by atoms with Gasteiger partial charge in [-0.1, -0.05) is 23.4 Å². The first-order chi connectivity index (χ1) is 8.86. The summed E-state index contributed by atoms with van der Waals surface area (Å²) in [6.45, 7) is 0. The lowest BCUT2D eigenvalue weighted by Gasteiger charge is -2.09. The van der Waals surface area contributed by atoms with E-state index in [4.69, 9.17) is 0 Å². The molecule has 0 aliphatic heterocycles. The number of benzene rings is 1. The predicted molar refractivity (Wildman–Crippen MR) is 65.3 cm³/mol. The van der Waals surface area contributed by atoms with Gasteiger partial charge in [-0.3, -0.25) is 0 Å². The number of rotatable bonds is 3. The monoisotopic (exact) mass is 259 g/mol. The Balaban J connectivity index is 2.02. The minimum atomic E-state index is -0.876. The second-order valence-electron chi connectivity index (χ2n) is 3.64. The maximum absolute atomic E-state index is 10.2. The van der Waals surface area contributed by atoms with Gasteiger partial charge in [0.2, 0.25) is 0 Å². The Labute approximate surface area is 107 Å². The Morgan fingerprint density at radius 2 is 2.00 bits per heavy atom. The maximum atomic E-state index is 10.2. The van der Waals surface area contributed by atoms with Gasteiger partial charge in [-0.25, -0.2) is 4.68 Å². The molecule has 18 heavy (non-hydrogen) atoms. The van der Waals surface area contributed by atoms with Crippen molar-refractivity contribution in [3.8, 4) is 5.69 Å². The molecule has 7 heteroatoms. The maximum Gasteiger partial charge on any atom is 0.142 e. The lowest BCUT2D eigenvalue weighted by Crippen LogP contribution is -2.08. The van der Waals surface area contributed by atoms with Crippen LogP contribution in [0, 0.1) is 0 Å². The molecule has 0 amide bonds. The molecule has 0 radical (unpaired) electrons. The molecule has 2 heterocycles. The van der Waals surface area contributed by atoms with Gasteiger partial charge in [0, 0.05) is 0 Å². The topological polar surface area (TPSA) is 76.7 Å². The van der Waals surface area contributed by atoms with Gasteiger partial charge >= 0.3 is 0 Å². The van der Waals surface area contributed by atoms with Gasteiger partial charge in [-0.2, -0.15) is 8.75 Å². The van der Waals surface area contributed by atoms with E-state index in [-0.39, 0.29) is 0 Å². The average molecular weight is 259 g/mol. The average Bonchev–Trinajstić information content (AvgIpc) is 3.10. The zero-order valence-electron chi connectivity index (χ0n) is 9.21. The summed E-state index contributed by atoms with van der Waals surface area (Å²) in [4.78, 5) is 0. The first-order valence-electron chi connectivity index (χ1n) is 5.28. The van der Waals surface area contributed by atoms with E-state index in [0.717, 1.165) is 17.4 Å². The zero-order valence-corrected chi connectivity index (χ0v) is 10.0. The number of aromatic nitrogens is 5. The molecule has 0 saturated carbocycles. The third-order valence-electron chi connectivity index (χ3n) is 2.52. The molecule has 0 fully saturated rings. The molecule has 0 spiro atoms. The van der Waals surface area contributed by atoms with Crippen molar-refractivity contribution in [3.05, 3.63) is 54.1 Å². The van der Waals surface area contributed by atoms with E-state index in [1.807, 2.05) is 30.3 Å². The van der Waals surface area contributed by atoms with Gasteiger partial charge in [0.1, 0.15) is 11.8 Å². The van der Waals surface area contributed by atoms with E-state index in [1.165, 1.54) is 12.4 Å². The summed E-state index contributed by atoms with van der Waals surface area (Å²) >= 11 is 1.06. The van der Waals surface area contributed by atoms with E-state index >= 15 is 0 Å². The van der Waals surface area contributed by atoms with Gasteiger partial charge in [-0.15, -0.1) is 5.10 Å². The molecular weight excluding hydrogens is 250 g/mol. The Hall–Kier alpha value is -2.12. The van der Waals surface area contributed by atoms with Gasteiger partial charge in [0.15, 0.2) is 0 Å². The number of hydrogen-bond donors (Lipinski definition) is 1. The normalized spacial score (nSPS) is 12.5. The Morgan fingerprint density at radius 1 is 1.17 bits per heavy atom. The first kappa shape index (κ1) is 11.0. The van der Waals surface area contributed by atoms with Gasteiger partial charge in [-0.05, 0) is 12.1 Å². The summed E-state index contributed by atoms with van der Waals surface area (Å²) in [5.41, 5.74) is 1.90. The third-order valence-corrected chi connectivity index (χ3v) is 3.01. The molecule has 0 aliphatic rings. The van der Waals surface area contributed by atoms with Crippen LogP contribution < -0.4 is 0 Å². The summed E-state index contributed by atoms with van der Waals surface area (Å²) in [6, 6.07) is 9.50. The minimum Gasteiger partial charge on any atom is -0.380 e. The Bertz CT molecular complexity index is 622. The van der Waals surface area contributed by atoms with E-state index in [2.05, 4.69) is 19.1 Å². The summed E-state index contributed by atoms with van der Waals surface area (Å²) in [5, 5.41) is 18.0. The van der Waals surface area contributed by atoms with Crippen LogP contribution in [0.2, 0.25) is 0 Å². The number of nitrogens with zero attached hydrogens (tertiary/aromatic N) is 5. The van der Waals surface area contributed by atoms with Crippen LogP contribution in [0.4, 0.5) is 0 Å². The molecular formula is C11H9N5OS. The summed E-state index contributed by atoms with van der Waals surface area (Å²) in [5.74, 6) is 0. The fourth-order valence-corrected chi connectivity index (χ4v) is 2.09. The molecule has 1 N–H and O–H groups in total. The first-order valence-corrected chi connectivity index (χ1v) is 6.01. The quantitative estimate of drug-likeness (QED) is 0.764. The summed E-state index contributed by atoms with van der Waals surface area (Å²) in [6.07, 6.45) is 2.19. The minimum absolute atomic E-state index is 0.500. The fourth-order valence-electron chi connectivity index (χ4n) is 1.64. The van der Waals surface area contributed by atoms with E-state index in [9.17, 15) is 5.11 Å². The molecule has 3 aromatic rings. The smallest absolute Gasteiger partial charge is 0.142 e. The molecule has 1 atom stereocenters. The Morgan fingerprint density at radius 3 is 2.72 bits per heavy atom. The van der Waals surface area contributed by atoms with Gasteiger partial charge in [0.25, 0.3) is 0 Å².